The Kier molecular flexibility index (Phi) is 11.4. The van der Waals surface area contributed by atoms with Gasteiger partial charge in [0.25, 0.3) is 5.91 Å². The Bertz CT molecular complexity index is 646. The van der Waals surface area contributed by atoms with Gasteiger partial charge in [-0.2, -0.15) is 0 Å². The number of rotatable bonds is 14. The first-order chi connectivity index (χ1) is 13.9. The third-order valence-electron chi connectivity index (χ3n) is 4.69. The molecule has 0 unspecified atom stereocenters. The lowest BCUT2D eigenvalue weighted by Crippen LogP contribution is -2.42. The number of amides is 1. The summed E-state index contributed by atoms with van der Waals surface area (Å²) >= 11 is 0. The van der Waals surface area contributed by atoms with Crippen LogP contribution in [0.15, 0.2) is 18.2 Å². The lowest BCUT2D eigenvalue weighted by molar-refractivity contribution is -0.139. The minimum Gasteiger partial charge on any atom is -0.493 e. The van der Waals surface area contributed by atoms with Crippen LogP contribution in [-0.2, 0) is 14.3 Å². The number of nitrogens with one attached hydrogen (secondary N) is 1. The summed E-state index contributed by atoms with van der Waals surface area (Å²) in [6, 6.07) is 5.04. The third-order valence-corrected chi connectivity index (χ3v) is 4.69. The molecule has 164 valence electrons. The predicted molar refractivity (Wildman–Crippen MR) is 116 cm³/mol. The largest absolute Gasteiger partial charge is 0.493 e. The fourth-order valence-electron chi connectivity index (χ4n) is 2.97. The Balaban J connectivity index is 3.01. The molecule has 0 radical (unpaired) electrons. The molecule has 1 amide bonds. The van der Waals surface area contributed by atoms with Crippen molar-refractivity contribution in [1.29, 1.82) is 0 Å². The maximum absolute atomic E-state index is 12.9. The van der Waals surface area contributed by atoms with Gasteiger partial charge in [0.1, 0.15) is 16.9 Å². The van der Waals surface area contributed by atoms with E-state index in [9.17, 15) is 9.59 Å². The topological polar surface area (TPSA) is 73.9 Å². The number of carbonyl (C=O) groups is 2. The highest BCUT2D eigenvalue weighted by Crippen LogP contribution is 2.27. The van der Waals surface area contributed by atoms with Gasteiger partial charge in [0.15, 0.2) is 0 Å². The summed E-state index contributed by atoms with van der Waals surface area (Å²) in [5, 5.41) is 2.90. The van der Waals surface area contributed by atoms with Crippen molar-refractivity contribution < 1.29 is 23.8 Å². The molecule has 6 nitrogen and oxygen atoms in total. The van der Waals surface area contributed by atoms with Gasteiger partial charge in [-0.15, -0.1) is 0 Å². The molecule has 1 rings (SSSR count). The van der Waals surface area contributed by atoms with Gasteiger partial charge in [-0.25, -0.2) is 4.79 Å². The molecule has 1 aromatic carbocycles. The van der Waals surface area contributed by atoms with Crippen LogP contribution in [0.3, 0.4) is 0 Å². The van der Waals surface area contributed by atoms with Gasteiger partial charge >= 0.3 is 5.97 Å². The molecule has 0 saturated heterocycles. The first-order valence-corrected chi connectivity index (χ1v) is 10.8. The number of hydrogen-bond acceptors (Lipinski definition) is 5. The van der Waals surface area contributed by atoms with E-state index in [-0.39, 0.29) is 12.5 Å². The van der Waals surface area contributed by atoms with E-state index in [2.05, 4.69) is 19.2 Å². The van der Waals surface area contributed by atoms with Gasteiger partial charge in [-0.1, -0.05) is 39.5 Å². The van der Waals surface area contributed by atoms with E-state index >= 15 is 0 Å². The standard InChI is InChI=1S/C23H37NO5/c1-6-10-12-15-23(5,29-9-4)22(26)24-18-13-14-20(28-16-11-7-2)19(17-18)21(25)27-8-3/h13-14,17H,6-12,15-16H2,1-5H3,(H,24,26)/t23-/m1/s1. The van der Waals surface area contributed by atoms with E-state index in [0.29, 0.717) is 36.6 Å². The fourth-order valence-corrected chi connectivity index (χ4v) is 2.97. The second-order valence-electron chi connectivity index (χ2n) is 7.21. The van der Waals surface area contributed by atoms with Gasteiger partial charge in [-0.05, 0) is 51.8 Å². The van der Waals surface area contributed by atoms with Gasteiger partial charge < -0.3 is 19.5 Å². The molecule has 1 aromatic rings. The number of anilines is 1. The molecule has 1 N–H and O–H groups in total. The summed E-state index contributed by atoms with van der Waals surface area (Å²) in [4.78, 5) is 25.3. The van der Waals surface area contributed by atoms with Crippen LogP contribution < -0.4 is 10.1 Å². The maximum Gasteiger partial charge on any atom is 0.341 e. The predicted octanol–water partition coefficient (Wildman–Crippen LogP) is 5.36. The zero-order valence-corrected chi connectivity index (χ0v) is 18.6. The summed E-state index contributed by atoms with van der Waals surface area (Å²) in [7, 11) is 0. The zero-order valence-electron chi connectivity index (χ0n) is 18.6. The average Bonchev–Trinajstić information content (AvgIpc) is 2.69. The smallest absolute Gasteiger partial charge is 0.341 e. The fraction of sp³-hybridized carbons (Fsp3) is 0.652. The molecular formula is C23H37NO5. The summed E-state index contributed by atoms with van der Waals surface area (Å²) in [6.07, 6.45) is 5.57. The maximum atomic E-state index is 12.9. The second-order valence-corrected chi connectivity index (χ2v) is 7.21. The summed E-state index contributed by atoms with van der Waals surface area (Å²) < 4.78 is 16.7. The first kappa shape index (κ1) is 25.0. The molecule has 0 aliphatic heterocycles. The van der Waals surface area contributed by atoms with Gasteiger partial charge in [0.05, 0.1) is 13.2 Å². The molecule has 0 aliphatic carbocycles. The summed E-state index contributed by atoms with van der Waals surface area (Å²) in [5.41, 5.74) is -0.0863. The van der Waals surface area contributed by atoms with Gasteiger partial charge in [0.2, 0.25) is 0 Å². The lowest BCUT2D eigenvalue weighted by atomic mass is 9.96. The molecule has 0 spiro atoms. The van der Waals surface area contributed by atoms with E-state index in [0.717, 1.165) is 32.1 Å². The Morgan fingerprint density at radius 1 is 1.00 bits per heavy atom. The number of hydrogen-bond donors (Lipinski definition) is 1. The van der Waals surface area contributed by atoms with Gasteiger partial charge in [0, 0.05) is 12.3 Å². The van der Waals surface area contributed by atoms with Crippen molar-refractivity contribution in [3.8, 4) is 5.75 Å². The monoisotopic (exact) mass is 407 g/mol. The SMILES string of the molecule is CCCCC[C@@](C)(OCC)C(=O)Nc1ccc(OCCCC)c(C(=O)OCC)c1. The van der Waals surface area contributed by atoms with E-state index in [1.54, 1.807) is 25.1 Å². The Hall–Kier alpha value is -2.08. The van der Waals surface area contributed by atoms with E-state index in [4.69, 9.17) is 14.2 Å². The average molecular weight is 408 g/mol. The van der Waals surface area contributed by atoms with Crippen molar-refractivity contribution in [3.05, 3.63) is 23.8 Å². The first-order valence-electron chi connectivity index (χ1n) is 10.8. The van der Waals surface area contributed by atoms with Crippen molar-refractivity contribution in [3.63, 3.8) is 0 Å². The van der Waals surface area contributed by atoms with Crippen molar-refractivity contribution in [2.45, 2.75) is 78.7 Å². The molecule has 0 bridgehead atoms. The number of esters is 1. The number of ether oxygens (including phenoxy) is 3. The number of carbonyl (C=O) groups excluding carboxylic acids is 2. The highest BCUT2D eigenvalue weighted by Gasteiger charge is 2.33. The minimum atomic E-state index is -0.912. The van der Waals surface area contributed by atoms with E-state index < -0.39 is 11.6 Å². The molecule has 6 heteroatoms. The van der Waals surface area contributed by atoms with Crippen LogP contribution in [0.1, 0.15) is 83.5 Å². The molecule has 0 saturated carbocycles. The van der Waals surface area contributed by atoms with Crippen molar-refractivity contribution in [2.75, 3.05) is 25.1 Å². The Morgan fingerprint density at radius 3 is 2.34 bits per heavy atom. The molecule has 29 heavy (non-hydrogen) atoms. The lowest BCUT2D eigenvalue weighted by Gasteiger charge is -2.28. The molecule has 0 fully saturated rings. The van der Waals surface area contributed by atoms with Crippen molar-refractivity contribution >= 4 is 17.6 Å². The summed E-state index contributed by atoms with van der Waals surface area (Å²) in [6.45, 7) is 10.9. The van der Waals surface area contributed by atoms with Crippen LogP contribution in [0, 0.1) is 0 Å². The Morgan fingerprint density at radius 2 is 1.72 bits per heavy atom. The van der Waals surface area contributed by atoms with Crippen molar-refractivity contribution in [2.24, 2.45) is 0 Å². The third kappa shape index (κ3) is 8.05. The molecule has 0 aliphatic rings. The molecule has 0 aromatic heterocycles. The molecular weight excluding hydrogens is 370 g/mol. The highest BCUT2D eigenvalue weighted by atomic mass is 16.5. The van der Waals surface area contributed by atoms with E-state index in [1.807, 2.05) is 13.8 Å². The Labute approximate surface area is 175 Å². The minimum absolute atomic E-state index is 0.218. The normalized spacial score (nSPS) is 12.9. The highest BCUT2D eigenvalue weighted by molar-refractivity contribution is 5.99. The van der Waals surface area contributed by atoms with Crippen LogP contribution in [0.25, 0.3) is 0 Å². The quantitative estimate of drug-likeness (QED) is 0.332. The van der Waals surface area contributed by atoms with Crippen LogP contribution in [-0.4, -0.2) is 37.3 Å². The van der Waals surface area contributed by atoms with Crippen LogP contribution in [0.4, 0.5) is 5.69 Å². The van der Waals surface area contributed by atoms with Crippen molar-refractivity contribution in [1.82, 2.24) is 0 Å². The number of benzene rings is 1. The van der Waals surface area contributed by atoms with Gasteiger partial charge in [-0.3, -0.25) is 4.79 Å². The zero-order chi connectivity index (χ0) is 21.7. The van der Waals surface area contributed by atoms with Crippen LogP contribution in [0.5, 0.6) is 5.75 Å². The summed E-state index contributed by atoms with van der Waals surface area (Å²) in [5.74, 6) is -0.221. The van der Waals surface area contributed by atoms with E-state index in [1.165, 1.54) is 0 Å². The van der Waals surface area contributed by atoms with Crippen LogP contribution >= 0.6 is 0 Å². The van der Waals surface area contributed by atoms with Crippen LogP contribution in [0.2, 0.25) is 0 Å². The number of unbranched alkanes of at least 4 members (excludes halogenated alkanes) is 3. The molecule has 1 atom stereocenters. The molecule has 0 heterocycles. The second kappa shape index (κ2) is 13.2.